The Morgan fingerprint density at radius 2 is 1.80 bits per heavy atom. The number of nitrogens with one attached hydrogen (secondary N) is 1. The van der Waals surface area contributed by atoms with Gasteiger partial charge in [0.2, 0.25) is 0 Å². The second-order valence-corrected chi connectivity index (χ2v) is 6.59. The molecule has 0 unspecified atom stereocenters. The summed E-state index contributed by atoms with van der Waals surface area (Å²) in [5, 5.41) is 27.1. The van der Waals surface area contributed by atoms with E-state index in [0.717, 1.165) is 10.8 Å². The summed E-state index contributed by atoms with van der Waals surface area (Å²) in [6.07, 6.45) is 1.33. The Morgan fingerprint density at radius 3 is 2.43 bits per heavy atom. The van der Waals surface area contributed by atoms with Gasteiger partial charge in [0.15, 0.2) is 0 Å². The molecule has 1 amide bonds. The molecule has 0 atom stereocenters. The number of hydrazone groups is 1. The number of nitro groups is 1. The number of carbonyl (C=O) groups excluding carboxylic acids is 1. The highest BCUT2D eigenvalue weighted by molar-refractivity contribution is 6.01. The molecule has 154 valence electrons. The van der Waals surface area contributed by atoms with Crippen molar-refractivity contribution in [1.29, 1.82) is 0 Å². The summed E-state index contributed by atoms with van der Waals surface area (Å²) in [5.41, 5.74) is 3.42. The summed E-state index contributed by atoms with van der Waals surface area (Å²) < 4.78 is 0. The fourth-order valence-corrected chi connectivity index (χ4v) is 3.23. The number of fused-ring (bicyclic) bond motifs is 1. The van der Waals surface area contributed by atoms with Crippen LogP contribution in [0.4, 0.5) is 11.4 Å². The fourth-order valence-electron chi connectivity index (χ4n) is 3.23. The van der Waals surface area contributed by atoms with Crippen LogP contribution in [0.1, 0.15) is 29.8 Å². The lowest BCUT2D eigenvalue weighted by Crippen LogP contribution is -2.22. The standard InChI is InChI=1S/C22H22N4O4/c1-3-25(4-2)19-10-9-15(11-20(19)26(29)30)14-23-24-22(28)18-12-16-7-5-6-8-17(16)13-21(18)27/h5-14,27H,3-4H2,1-2H3,(H,24,28)/b23-14+. The van der Waals surface area contributed by atoms with E-state index in [1.807, 2.05) is 43.0 Å². The third-order valence-corrected chi connectivity index (χ3v) is 4.79. The molecule has 8 heteroatoms. The maximum absolute atomic E-state index is 12.4. The zero-order valence-electron chi connectivity index (χ0n) is 16.7. The normalized spacial score (nSPS) is 11.0. The third kappa shape index (κ3) is 4.38. The highest BCUT2D eigenvalue weighted by Crippen LogP contribution is 2.29. The van der Waals surface area contributed by atoms with Crippen LogP contribution in [0.25, 0.3) is 10.8 Å². The molecule has 0 aliphatic heterocycles. The summed E-state index contributed by atoms with van der Waals surface area (Å²) in [5.74, 6) is -0.732. The number of nitro benzene ring substituents is 1. The van der Waals surface area contributed by atoms with Gasteiger partial charge in [-0.3, -0.25) is 14.9 Å². The van der Waals surface area contributed by atoms with Crippen LogP contribution in [-0.2, 0) is 0 Å². The number of hydrogen-bond acceptors (Lipinski definition) is 6. The predicted molar refractivity (Wildman–Crippen MR) is 117 cm³/mol. The summed E-state index contributed by atoms with van der Waals surface area (Å²) in [7, 11) is 0. The van der Waals surface area contributed by atoms with E-state index in [9.17, 15) is 20.0 Å². The van der Waals surface area contributed by atoms with E-state index in [1.54, 1.807) is 18.2 Å². The Labute approximate surface area is 173 Å². The SMILES string of the molecule is CCN(CC)c1ccc(/C=N/NC(=O)c2cc3ccccc3cc2O)cc1[N+](=O)[O-]. The monoisotopic (exact) mass is 406 g/mol. The molecule has 3 aromatic rings. The van der Waals surface area contributed by atoms with Crippen LogP contribution < -0.4 is 10.3 Å². The lowest BCUT2D eigenvalue weighted by atomic mass is 10.1. The molecule has 0 radical (unpaired) electrons. The van der Waals surface area contributed by atoms with Gasteiger partial charge in [-0.05, 0) is 42.8 Å². The number of hydrogen-bond donors (Lipinski definition) is 2. The van der Waals surface area contributed by atoms with Crippen LogP contribution in [-0.4, -0.2) is 35.2 Å². The average molecular weight is 406 g/mol. The van der Waals surface area contributed by atoms with Crippen LogP contribution in [0, 0.1) is 10.1 Å². The molecule has 0 aromatic heterocycles. The van der Waals surface area contributed by atoms with E-state index >= 15 is 0 Å². The number of aromatic hydroxyl groups is 1. The van der Waals surface area contributed by atoms with Gasteiger partial charge in [-0.15, -0.1) is 0 Å². The largest absolute Gasteiger partial charge is 0.507 e. The summed E-state index contributed by atoms with van der Waals surface area (Å²) in [6, 6.07) is 15.2. The molecule has 0 fully saturated rings. The first-order valence-corrected chi connectivity index (χ1v) is 9.53. The quantitative estimate of drug-likeness (QED) is 0.349. The minimum atomic E-state index is -0.580. The first-order chi connectivity index (χ1) is 14.4. The van der Waals surface area contributed by atoms with Crippen molar-refractivity contribution in [3.05, 3.63) is 75.8 Å². The molecular weight excluding hydrogens is 384 g/mol. The number of phenolic OH excluding ortho intramolecular Hbond substituents is 1. The van der Waals surface area contributed by atoms with E-state index in [2.05, 4.69) is 10.5 Å². The van der Waals surface area contributed by atoms with Gasteiger partial charge in [-0.25, -0.2) is 5.43 Å². The minimum absolute atomic E-state index is 0.0267. The molecule has 0 heterocycles. The highest BCUT2D eigenvalue weighted by Gasteiger charge is 2.18. The summed E-state index contributed by atoms with van der Waals surface area (Å²) in [4.78, 5) is 25.3. The number of amides is 1. The second kappa shape index (κ2) is 9.04. The topological polar surface area (TPSA) is 108 Å². The molecule has 0 bridgehead atoms. The van der Waals surface area contributed by atoms with E-state index in [1.165, 1.54) is 18.3 Å². The molecule has 0 spiro atoms. The minimum Gasteiger partial charge on any atom is -0.507 e. The molecule has 0 saturated heterocycles. The number of carbonyl (C=O) groups is 1. The van der Waals surface area contributed by atoms with E-state index in [-0.39, 0.29) is 17.0 Å². The van der Waals surface area contributed by atoms with Crippen molar-refractivity contribution in [2.75, 3.05) is 18.0 Å². The molecule has 3 aromatic carbocycles. The van der Waals surface area contributed by atoms with Crippen molar-refractivity contribution in [3.63, 3.8) is 0 Å². The van der Waals surface area contributed by atoms with Gasteiger partial charge < -0.3 is 10.0 Å². The fraction of sp³-hybridized carbons (Fsp3) is 0.182. The van der Waals surface area contributed by atoms with Gasteiger partial charge in [-0.1, -0.05) is 30.3 Å². The van der Waals surface area contributed by atoms with E-state index in [0.29, 0.717) is 24.3 Å². The third-order valence-electron chi connectivity index (χ3n) is 4.79. The Bertz CT molecular complexity index is 1120. The van der Waals surface area contributed by atoms with Gasteiger partial charge in [0, 0.05) is 24.7 Å². The van der Waals surface area contributed by atoms with Crippen LogP contribution in [0.15, 0.2) is 59.7 Å². The Morgan fingerprint density at radius 1 is 1.13 bits per heavy atom. The van der Waals surface area contributed by atoms with Crippen molar-refractivity contribution < 1.29 is 14.8 Å². The molecule has 30 heavy (non-hydrogen) atoms. The van der Waals surface area contributed by atoms with Crippen LogP contribution in [0.3, 0.4) is 0 Å². The van der Waals surface area contributed by atoms with Gasteiger partial charge in [0.25, 0.3) is 11.6 Å². The lowest BCUT2D eigenvalue weighted by Gasteiger charge is -2.20. The first-order valence-electron chi connectivity index (χ1n) is 9.53. The van der Waals surface area contributed by atoms with Gasteiger partial charge >= 0.3 is 0 Å². The molecular formula is C22H22N4O4. The van der Waals surface area contributed by atoms with Crippen LogP contribution in [0.2, 0.25) is 0 Å². The maximum atomic E-state index is 12.4. The average Bonchev–Trinajstić information content (AvgIpc) is 2.74. The molecule has 3 rings (SSSR count). The number of anilines is 1. The van der Waals surface area contributed by atoms with E-state index < -0.39 is 10.8 Å². The molecule has 0 saturated carbocycles. The Balaban J connectivity index is 1.79. The predicted octanol–water partition coefficient (Wildman–Crippen LogP) is 4.06. The maximum Gasteiger partial charge on any atom is 0.293 e. The van der Waals surface area contributed by atoms with Crippen molar-refractivity contribution in [2.24, 2.45) is 5.10 Å². The molecule has 0 aliphatic carbocycles. The Kier molecular flexibility index (Phi) is 6.26. The highest BCUT2D eigenvalue weighted by atomic mass is 16.6. The van der Waals surface area contributed by atoms with Crippen molar-refractivity contribution in [1.82, 2.24) is 5.43 Å². The zero-order valence-corrected chi connectivity index (χ0v) is 16.7. The summed E-state index contributed by atoms with van der Waals surface area (Å²) >= 11 is 0. The van der Waals surface area contributed by atoms with Gasteiger partial charge in [0.05, 0.1) is 16.7 Å². The summed E-state index contributed by atoms with van der Waals surface area (Å²) in [6.45, 7) is 5.16. The first kappa shape index (κ1) is 20.8. The number of benzene rings is 3. The molecule has 0 aliphatic rings. The van der Waals surface area contributed by atoms with Crippen molar-refractivity contribution in [2.45, 2.75) is 13.8 Å². The molecule has 8 nitrogen and oxygen atoms in total. The second-order valence-electron chi connectivity index (χ2n) is 6.59. The molecule has 2 N–H and O–H groups in total. The van der Waals surface area contributed by atoms with E-state index in [4.69, 9.17) is 0 Å². The zero-order chi connectivity index (χ0) is 21.7. The Hall–Kier alpha value is -3.94. The van der Waals surface area contributed by atoms with Gasteiger partial charge in [0.1, 0.15) is 11.4 Å². The van der Waals surface area contributed by atoms with Crippen molar-refractivity contribution in [3.8, 4) is 5.75 Å². The number of nitrogens with zero attached hydrogens (tertiary/aromatic N) is 3. The van der Waals surface area contributed by atoms with Crippen molar-refractivity contribution >= 4 is 34.3 Å². The lowest BCUT2D eigenvalue weighted by molar-refractivity contribution is -0.384. The van der Waals surface area contributed by atoms with Crippen LogP contribution in [0.5, 0.6) is 5.75 Å². The van der Waals surface area contributed by atoms with Gasteiger partial charge in [-0.2, -0.15) is 5.10 Å². The number of rotatable bonds is 7. The smallest absolute Gasteiger partial charge is 0.293 e. The number of phenols is 1. The van der Waals surface area contributed by atoms with Crippen LogP contribution >= 0.6 is 0 Å².